The first-order chi connectivity index (χ1) is 11.1. The van der Waals surface area contributed by atoms with Crippen molar-refractivity contribution in [1.82, 2.24) is 10.3 Å². The second-order valence-electron chi connectivity index (χ2n) is 5.35. The summed E-state index contributed by atoms with van der Waals surface area (Å²) in [4.78, 5) is 3.66. The molecule has 1 aliphatic rings. The van der Waals surface area contributed by atoms with Crippen molar-refractivity contribution in [2.45, 2.75) is 12.5 Å². The molecule has 1 fully saturated rings. The van der Waals surface area contributed by atoms with E-state index >= 15 is 0 Å². The highest BCUT2D eigenvalue weighted by Gasteiger charge is 2.30. The molecule has 1 N–H and O–H groups in total. The van der Waals surface area contributed by atoms with Gasteiger partial charge in [-0.25, -0.2) is 4.39 Å². The molecule has 1 saturated heterocycles. The van der Waals surface area contributed by atoms with E-state index in [1.54, 1.807) is 0 Å². The van der Waals surface area contributed by atoms with Crippen LogP contribution in [-0.2, 0) is 0 Å². The highest BCUT2D eigenvalue weighted by molar-refractivity contribution is 6.34. The van der Waals surface area contributed by atoms with Crippen LogP contribution >= 0.6 is 23.2 Å². The van der Waals surface area contributed by atoms with Gasteiger partial charge in [0.1, 0.15) is 11.1 Å². The molecule has 0 saturated carbocycles. The zero-order chi connectivity index (χ0) is 16.4. The molecule has 0 bridgehead atoms. The van der Waals surface area contributed by atoms with E-state index < -0.39 is 27.9 Å². The van der Waals surface area contributed by atoms with Crippen LogP contribution < -0.4 is 10.1 Å². The summed E-state index contributed by atoms with van der Waals surface area (Å²) in [7, 11) is 0. The average molecular weight is 359 g/mol. The molecule has 7 heteroatoms. The monoisotopic (exact) mass is 358 g/mol. The van der Waals surface area contributed by atoms with Gasteiger partial charge in [0, 0.05) is 12.5 Å². The molecule has 3 rings (SSSR count). The molecule has 0 unspecified atom stereocenters. The van der Waals surface area contributed by atoms with Crippen molar-refractivity contribution in [3.8, 4) is 5.88 Å². The first kappa shape index (κ1) is 16.4. The summed E-state index contributed by atoms with van der Waals surface area (Å²) in [6.45, 7) is 1.60. The van der Waals surface area contributed by atoms with Gasteiger partial charge in [0.05, 0.1) is 0 Å². The number of pyridine rings is 1. The van der Waals surface area contributed by atoms with Gasteiger partial charge in [-0.1, -0.05) is 53.5 Å². The summed E-state index contributed by atoms with van der Waals surface area (Å²) in [5, 5.41) is 2.03. The van der Waals surface area contributed by atoms with E-state index in [2.05, 4.69) is 10.3 Å². The maximum Gasteiger partial charge on any atom is 0.254 e. The van der Waals surface area contributed by atoms with Crippen molar-refractivity contribution >= 4 is 23.2 Å². The van der Waals surface area contributed by atoms with Crippen LogP contribution in [0.1, 0.15) is 18.1 Å². The van der Waals surface area contributed by atoms with Gasteiger partial charge in [-0.3, -0.25) is 0 Å². The molecule has 1 aromatic heterocycles. The van der Waals surface area contributed by atoms with Crippen molar-refractivity contribution < 1.29 is 13.5 Å². The third kappa shape index (κ3) is 3.42. The molecule has 0 amide bonds. The van der Waals surface area contributed by atoms with Gasteiger partial charge in [0.15, 0.2) is 11.0 Å². The Balaban J connectivity index is 1.96. The Hall–Kier alpha value is -1.43. The van der Waals surface area contributed by atoms with Gasteiger partial charge in [-0.05, 0) is 18.5 Å². The van der Waals surface area contributed by atoms with E-state index in [0.717, 1.165) is 25.1 Å². The molecule has 0 radical (unpaired) electrons. The molecule has 3 nitrogen and oxygen atoms in total. The number of nitrogens with zero attached hydrogens (tertiary/aromatic N) is 1. The normalized spacial score (nSPS) is 18.9. The Labute approximate surface area is 142 Å². The summed E-state index contributed by atoms with van der Waals surface area (Å²) in [6, 6.07) is 9.43. The van der Waals surface area contributed by atoms with Crippen LogP contribution in [0.25, 0.3) is 0 Å². The number of hydrogen-bond acceptors (Lipinski definition) is 3. The molecule has 122 valence electrons. The standard InChI is InChI=1S/C16H14Cl2F2N2O/c17-11-12(19)15(18)22-16(13(11)20)23-14(10-6-7-21-8-10)9-4-2-1-3-5-9/h1-5,10,14,21H,6-8H2/t10-,14-/m1/s1. The summed E-state index contributed by atoms with van der Waals surface area (Å²) in [6.07, 6.45) is 0.454. The number of halogens is 4. The van der Waals surface area contributed by atoms with Crippen LogP contribution in [0.4, 0.5) is 8.78 Å². The van der Waals surface area contributed by atoms with E-state index in [-0.39, 0.29) is 11.8 Å². The van der Waals surface area contributed by atoms with Gasteiger partial charge >= 0.3 is 0 Å². The maximum absolute atomic E-state index is 14.2. The molecular formula is C16H14Cl2F2N2O. The Bertz CT molecular complexity index is 694. The smallest absolute Gasteiger partial charge is 0.254 e. The van der Waals surface area contributed by atoms with Crippen LogP contribution in [0.2, 0.25) is 10.2 Å². The lowest BCUT2D eigenvalue weighted by atomic mass is 9.95. The molecular weight excluding hydrogens is 345 g/mol. The van der Waals surface area contributed by atoms with E-state index in [1.165, 1.54) is 0 Å². The summed E-state index contributed by atoms with van der Waals surface area (Å²) >= 11 is 11.3. The lowest BCUT2D eigenvalue weighted by Crippen LogP contribution is -2.22. The SMILES string of the molecule is Fc1c(Cl)nc(O[C@H](c2ccccc2)[C@@H]2CCNC2)c(F)c1Cl. The number of hydrogen-bond donors (Lipinski definition) is 1. The van der Waals surface area contributed by atoms with E-state index in [0.29, 0.717) is 0 Å². The molecule has 1 aromatic carbocycles. The largest absolute Gasteiger partial charge is 0.467 e. The second kappa shape index (κ2) is 6.99. The maximum atomic E-state index is 14.2. The minimum absolute atomic E-state index is 0.140. The van der Waals surface area contributed by atoms with Crippen LogP contribution in [0, 0.1) is 17.6 Å². The number of nitrogens with one attached hydrogen (secondary N) is 1. The zero-order valence-corrected chi connectivity index (χ0v) is 13.5. The Morgan fingerprint density at radius 3 is 2.57 bits per heavy atom. The van der Waals surface area contributed by atoms with E-state index in [9.17, 15) is 8.78 Å². The van der Waals surface area contributed by atoms with Crippen molar-refractivity contribution in [3.63, 3.8) is 0 Å². The fourth-order valence-corrected chi connectivity index (χ4v) is 3.07. The molecule has 1 aliphatic heterocycles. The molecule has 2 aromatic rings. The van der Waals surface area contributed by atoms with Crippen LogP contribution in [0.5, 0.6) is 5.88 Å². The number of aromatic nitrogens is 1. The van der Waals surface area contributed by atoms with E-state index in [1.807, 2.05) is 30.3 Å². The first-order valence-corrected chi connectivity index (χ1v) is 7.96. The van der Waals surface area contributed by atoms with Crippen molar-refractivity contribution in [1.29, 1.82) is 0 Å². The van der Waals surface area contributed by atoms with Crippen molar-refractivity contribution in [3.05, 3.63) is 57.7 Å². The van der Waals surface area contributed by atoms with Crippen LogP contribution in [-0.4, -0.2) is 18.1 Å². The molecule has 0 aliphatic carbocycles. The van der Waals surface area contributed by atoms with Crippen molar-refractivity contribution in [2.75, 3.05) is 13.1 Å². The van der Waals surface area contributed by atoms with Gasteiger partial charge in [-0.15, -0.1) is 0 Å². The third-order valence-electron chi connectivity index (χ3n) is 3.85. The van der Waals surface area contributed by atoms with Gasteiger partial charge in [0.25, 0.3) is 5.88 Å². The predicted octanol–water partition coefficient (Wildman–Crippen LogP) is 4.40. The Morgan fingerprint density at radius 1 is 1.17 bits per heavy atom. The highest BCUT2D eigenvalue weighted by atomic mass is 35.5. The summed E-state index contributed by atoms with van der Waals surface area (Å²) in [5.41, 5.74) is 0.888. The minimum atomic E-state index is -1.09. The zero-order valence-electron chi connectivity index (χ0n) is 12.0. The van der Waals surface area contributed by atoms with Gasteiger partial charge < -0.3 is 10.1 Å². The first-order valence-electron chi connectivity index (χ1n) is 7.20. The van der Waals surface area contributed by atoms with Crippen LogP contribution in [0.15, 0.2) is 30.3 Å². The number of ether oxygens (including phenoxy) is 1. The molecule has 0 spiro atoms. The quantitative estimate of drug-likeness (QED) is 0.822. The van der Waals surface area contributed by atoms with Crippen molar-refractivity contribution in [2.24, 2.45) is 5.92 Å². The predicted molar refractivity (Wildman–Crippen MR) is 85.0 cm³/mol. The Kier molecular flexibility index (Phi) is 4.99. The van der Waals surface area contributed by atoms with E-state index in [4.69, 9.17) is 27.9 Å². The molecule has 23 heavy (non-hydrogen) atoms. The lowest BCUT2D eigenvalue weighted by Gasteiger charge is -2.24. The third-order valence-corrected chi connectivity index (χ3v) is 4.43. The van der Waals surface area contributed by atoms with Gasteiger partial charge in [0.2, 0.25) is 5.82 Å². The summed E-state index contributed by atoms with van der Waals surface area (Å²) < 4.78 is 33.4. The summed E-state index contributed by atoms with van der Waals surface area (Å²) in [5.74, 6) is -2.37. The topological polar surface area (TPSA) is 34.1 Å². The fraction of sp³-hybridized carbons (Fsp3) is 0.312. The molecule has 2 atom stereocenters. The average Bonchev–Trinajstić information content (AvgIpc) is 3.10. The van der Waals surface area contributed by atoms with Gasteiger partial charge in [-0.2, -0.15) is 9.37 Å². The second-order valence-corrected chi connectivity index (χ2v) is 6.09. The molecule has 2 heterocycles. The minimum Gasteiger partial charge on any atom is -0.467 e. The lowest BCUT2D eigenvalue weighted by molar-refractivity contribution is 0.131. The van der Waals surface area contributed by atoms with Crippen LogP contribution in [0.3, 0.4) is 0 Å². The number of benzene rings is 1. The Morgan fingerprint density at radius 2 is 1.91 bits per heavy atom. The number of rotatable bonds is 4. The fourth-order valence-electron chi connectivity index (χ4n) is 2.68. The highest BCUT2D eigenvalue weighted by Crippen LogP contribution is 2.36.